The average molecular weight is 341 g/mol. The van der Waals surface area contributed by atoms with Crippen LogP contribution in [0.2, 0.25) is 0 Å². The molecule has 1 aliphatic heterocycles. The monoisotopic (exact) mass is 341 g/mol. The second kappa shape index (κ2) is 8.53. The summed E-state index contributed by atoms with van der Waals surface area (Å²) in [6, 6.07) is 7.53. The minimum Gasteiger partial charge on any atom is -0.376 e. The fraction of sp³-hybridized carbons (Fsp3) is 0.444. The summed E-state index contributed by atoms with van der Waals surface area (Å²) < 4.78 is 5.49. The maximum absolute atomic E-state index is 12.1. The van der Waals surface area contributed by atoms with Crippen molar-refractivity contribution in [3.05, 3.63) is 47.9 Å². The molecule has 3 rings (SSSR count). The number of rotatable bonds is 7. The van der Waals surface area contributed by atoms with Crippen LogP contribution < -0.4 is 10.2 Å². The van der Waals surface area contributed by atoms with E-state index in [0.29, 0.717) is 12.2 Å². The standard InChI is InChI=1S/C18H23N5O2/c1-23(11-8-14-6-9-19-10-7-14)17-5-4-16(21-22-17)18(24)20-13-15-3-2-12-25-15/h4-7,9-10,15H,2-3,8,11-13H2,1H3,(H,20,24). The van der Waals surface area contributed by atoms with Gasteiger partial charge in [0.15, 0.2) is 11.5 Å². The largest absolute Gasteiger partial charge is 0.376 e. The number of likely N-dealkylation sites (N-methyl/N-ethyl adjacent to an activating group) is 1. The number of pyridine rings is 1. The second-order valence-electron chi connectivity index (χ2n) is 6.15. The molecule has 1 saturated heterocycles. The number of aromatic nitrogens is 3. The van der Waals surface area contributed by atoms with Gasteiger partial charge in [0.05, 0.1) is 6.10 Å². The summed E-state index contributed by atoms with van der Waals surface area (Å²) in [6.07, 6.45) is 6.65. The number of nitrogens with zero attached hydrogens (tertiary/aromatic N) is 4. The number of amides is 1. The lowest BCUT2D eigenvalue weighted by Gasteiger charge is -2.17. The molecule has 1 aliphatic rings. The Labute approximate surface area is 147 Å². The SMILES string of the molecule is CN(CCc1ccncc1)c1ccc(C(=O)NCC2CCCO2)nn1. The lowest BCUT2D eigenvalue weighted by molar-refractivity contribution is 0.0853. The molecule has 1 atom stereocenters. The van der Waals surface area contributed by atoms with Crippen molar-refractivity contribution in [2.24, 2.45) is 0 Å². The predicted molar refractivity (Wildman–Crippen MR) is 94.6 cm³/mol. The molecule has 1 N–H and O–H groups in total. The van der Waals surface area contributed by atoms with Crippen LogP contribution in [0.1, 0.15) is 28.9 Å². The summed E-state index contributed by atoms with van der Waals surface area (Å²) in [6.45, 7) is 2.11. The van der Waals surface area contributed by atoms with Crippen molar-refractivity contribution < 1.29 is 9.53 Å². The third-order valence-electron chi connectivity index (χ3n) is 4.27. The topological polar surface area (TPSA) is 80.2 Å². The summed E-state index contributed by atoms with van der Waals surface area (Å²) in [5.74, 6) is 0.527. The number of hydrogen-bond acceptors (Lipinski definition) is 6. The van der Waals surface area contributed by atoms with Crippen molar-refractivity contribution in [2.75, 3.05) is 31.6 Å². The Morgan fingerprint density at radius 2 is 2.12 bits per heavy atom. The van der Waals surface area contributed by atoms with E-state index in [-0.39, 0.29) is 12.0 Å². The quantitative estimate of drug-likeness (QED) is 0.821. The number of hydrogen-bond donors (Lipinski definition) is 1. The van der Waals surface area contributed by atoms with Crippen LogP contribution in [-0.4, -0.2) is 53.9 Å². The number of carbonyl (C=O) groups excluding carboxylic acids is 1. The normalized spacial score (nSPS) is 16.6. The summed E-state index contributed by atoms with van der Waals surface area (Å²) in [5, 5.41) is 11.1. The van der Waals surface area contributed by atoms with Gasteiger partial charge in [0.2, 0.25) is 0 Å². The van der Waals surface area contributed by atoms with Crippen LogP contribution in [0.25, 0.3) is 0 Å². The summed E-state index contributed by atoms with van der Waals surface area (Å²) in [4.78, 5) is 18.1. The van der Waals surface area contributed by atoms with E-state index in [1.54, 1.807) is 18.5 Å². The zero-order valence-corrected chi connectivity index (χ0v) is 14.4. The highest BCUT2D eigenvalue weighted by Gasteiger charge is 2.17. The van der Waals surface area contributed by atoms with Gasteiger partial charge in [-0.3, -0.25) is 9.78 Å². The van der Waals surface area contributed by atoms with Crippen LogP contribution in [-0.2, 0) is 11.2 Å². The molecule has 0 radical (unpaired) electrons. The Kier molecular flexibility index (Phi) is 5.90. The zero-order valence-electron chi connectivity index (χ0n) is 14.4. The molecule has 1 fully saturated rings. The summed E-state index contributed by atoms with van der Waals surface area (Å²) >= 11 is 0. The number of carbonyl (C=O) groups is 1. The Balaban J connectivity index is 1.49. The molecule has 2 aromatic heterocycles. The van der Waals surface area contributed by atoms with E-state index in [4.69, 9.17) is 4.74 Å². The first-order chi connectivity index (χ1) is 12.2. The first-order valence-electron chi connectivity index (χ1n) is 8.56. The Morgan fingerprint density at radius 3 is 2.80 bits per heavy atom. The number of anilines is 1. The zero-order chi connectivity index (χ0) is 17.5. The molecular formula is C18H23N5O2. The van der Waals surface area contributed by atoms with Crippen molar-refractivity contribution in [1.82, 2.24) is 20.5 Å². The molecule has 3 heterocycles. The first kappa shape index (κ1) is 17.3. The van der Waals surface area contributed by atoms with Crippen molar-refractivity contribution in [1.29, 1.82) is 0 Å². The van der Waals surface area contributed by atoms with Gasteiger partial charge < -0.3 is 15.0 Å². The molecule has 25 heavy (non-hydrogen) atoms. The fourth-order valence-corrected chi connectivity index (χ4v) is 2.71. The van der Waals surface area contributed by atoms with Gasteiger partial charge in [-0.1, -0.05) is 0 Å². The van der Waals surface area contributed by atoms with Gasteiger partial charge in [-0.2, -0.15) is 0 Å². The lowest BCUT2D eigenvalue weighted by atomic mass is 10.2. The molecule has 0 saturated carbocycles. The second-order valence-corrected chi connectivity index (χ2v) is 6.15. The Hall–Kier alpha value is -2.54. The molecule has 7 nitrogen and oxygen atoms in total. The van der Waals surface area contributed by atoms with E-state index in [1.807, 2.05) is 30.1 Å². The first-order valence-corrected chi connectivity index (χ1v) is 8.56. The van der Waals surface area contributed by atoms with Crippen LogP contribution in [0.3, 0.4) is 0 Å². The van der Waals surface area contributed by atoms with Crippen LogP contribution in [0.15, 0.2) is 36.7 Å². The predicted octanol–water partition coefficient (Wildman–Crippen LogP) is 1.46. The molecule has 0 aromatic carbocycles. The summed E-state index contributed by atoms with van der Waals surface area (Å²) in [5.41, 5.74) is 1.55. The number of ether oxygens (including phenoxy) is 1. The van der Waals surface area contributed by atoms with Gasteiger partial charge in [-0.25, -0.2) is 0 Å². The van der Waals surface area contributed by atoms with Gasteiger partial charge in [0, 0.05) is 39.1 Å². The molecule has 7 heteroatoms. The molecule has 1 amide bonds. The van der Waals surface area contributed by atoms with Gasteiger partial charge in [0.1, 0.15) is 0 Å². The molecular weight excluding hydrogens is 318 g/mol. The highest BCUT2D eigenvalue weighted by Crippen LogP contribution is 2.11. The maximum Gasteiger partial charge on any atom is 0.271 e. The highest BCUT2D eigenvalue weighted by atomic mass is 16.5. The third-order valence-corrected chi connectivity index (χ3v) is 4.27. The molecule has 1 unspecified atom stereocenters. The molecule has 0 spiro atoms. The Bertz CT molecular complexity index is 672. The van der Waals surface area contributed by atoms with E-state index in [2.05, 4.69) is 20.5 Å². The molecule has 0 bridgehead atoms. The van der Waals surface area contributed by atoms with E-state index >= 15 is 0 Å². The molecule has 0 aliphatic carbocycles. The number of nitrogens with one attached hydrogen (secondary N) is 1. The van der Waals surface area contributed by atoms with E-state index in [1.165, 1.54) is 5.56 Å². The fourth-order valence-electron chi connectivity index (χ4n) is 2.71. The van der Waals surface area contributed by atoms with Crippen molar-refractivity contribution >= 4 is 11.7 Å². The van der Waals surface area contributed by atoms with E-state index in [0.717, 1.165) is 38.2 Å². The van der Waals surface area contributed by atoms with Crippen LogP contribution >= 0.6 is 0 Å². The van der Waals surface area contributed by atoms with Crippen LogP contribution in [0, 0.1) is 0 Å². The van der Waals surface area contributed by atoms with Gasteiger partial charge >= 0.3 is 0 Å². The molecule has 132 valence electrons. The van der Waals surface area contributed by atoms with Gasteiger partial charge in [-0.05, 0) is 49.1 Å². The van der Waals surface area contributed by atoms with Crippen LogP contribution in [0.5, 0.6) is 0 Å². The maximum atomic E-state index is 12.1. The van der Waals surface area contributed by atoms with Gasteiger partial charge in [-0.15, -0.1) is 10.2 Å². The van der Waals surface area contributed by atoms with E-state index in [9.17, 15) is 4.79 Å². The average Bonchev–Trinajstić information content (AvgIpc) is 3.19. The van der Waals surface area contributed by atoms with Crippen LogP contribution in [0.4, 0.5) is 5.82 Å². The minimum absolute atomic E-state index is 0.121. The molecule has 2 aromatic rings. The van der Waals surface area contributed by atoms with Gasteiger partial charge in [0.25, 0.3) is 5.91 Å². The van der Waals surface area contributed by atoms with Crippen molar-refractivity contribution in [3.8, 4) is 0 Å². The lowest BCUT2D eigenvalue weighted by Crippen LogP contribution is -2.32. The third kappa shape index (κ3) is 4.96. The van der Waals surface area contributed by atoms with Crippen molar-refractivity contribution in [3.63, 3.8) is 0 Å². The smallest absolute Gasteiger partial charge is 0.271 e. The van der Waals surface area contributed by atoms with Crippen molar-refractivity contribution in [2.45, 2.75) is 25.4 Å². The highest BCUT2D eigenvalue weighted by molar-refractivity contribution is 5.92. The minimum atomic E-state index is -0.214. The Morgan fingerprint density at radius 1 is 1.28 bits per heavy atom. The van der Waals surface area contributed by atoms with E-state index < -0.39 is 0 Å². The summed E-state index contributed by atoms with van der Waals surface area (Å²) in [7, 11) is 1.96.